The van der Waals surface area contributed by atoms with Crippen LogP contribution in [0.25, 0.3) is 0 Å². The number of hydrogen-bond acceptors (Lipinski definition) is 5. The van der Waals surface area contributed by atoms with Gasteiger partial charge in [-0.2, -0.15) is 5.26 Å². The lowest BCUT2D eigenvalue weighted by Gasteiger charge is -2.00. The smallest absolute Gasteiger partial charge is 0.251 e. The van der Waals surface area contributed by atoms with E-state index in [1.165, 1.54) is 24.0 Å². The molecule has 1 N–H and O–H groups in total. The van der Waals surface area contributed by atoms with E-state index in [2.05, 4.69) is 15.0 Å². The van der Waals surface area contributed by atoms with E-state index in [1.807, 2.05) is 6.07 Å². The van der Waals surface area contributed by atoms with E-state index in [1.54, 1.807) is 18.5 Å². The molecule has 0 radical (unpaired) electrons. The lowest BCUT2D eigenvalue weighted by atomic mass is 10.3. The predicted molar refractivity (Wildman–Crippen MR) is 57.9 cm³/mol. The average Bonchev–Trinajstić information content (AvgIpc) is 2.30. The van der Waals surface area contributed by atoms with E-state index in [0.717, 1.165) is 0 Å². The van der Waals surface area contributed by atoms with Crippen LogP contribution >= 0.6 is 11.8 Å². The van der Waals surface area contributed by atoms with E-state index in [0.29, 0.717) is 15.6 Å². The van der Waals surface area contributed by atoms with Crippen LogP contribution in [0.4, 0.5) is 0 Å². The first kappa shape index (κ1) is 10.4. The highest BCUT2D eigenvalue weighted by molar-refractivity contribution is 7.99. The molecule has 0 spiro atoms. The quantitative estimate of drug-likeness (QED) is 0.783. The van der Waals surface area contributed by atoms with Gasteiger partial charge in [-0.1, -0.05) is 0 Å². The van der Waals surface area contributed by atoms with Gasteiger partial charge in [0.1, 0.15) is 6.07 Å². The third kappa shape index (κ3) is 2.27. The Morgan fingerprint density at radius 3 is 3.00 bits per heavy atom. The van der Waals surface area contributed by atoms with Gasteiger partial charge >= 0.3 is 0 Å². The van der Waals surface area contributed by atoms with Gasteiger partial charge in [0.2, 0.25) is 0 Å². The molecule has 2 aromatic rings. The molecule has 78 valence electrons. The van der Waals surface area contributed by atoms with Gasteiger partial charge in [-0.05, 0) is 17.8 Å². The van der Waals surface area contributed by atoms with Crippen LogP contribution in [-0.4, -0.2) is 15.0 Å². The maximum absolute atomic E-state index is 11.0. The average molecular weight is 230 g/mol. The zero-order valence-electron chi connectivity index (χ0n) is 8.04. The molecule has 0 unspecified atom stereocenters. The number of nitrogens with zero attached hydrogens (tertiary/aromatic N) is 3. The third-order valence-corrected chi connectivity index (χ3v) is 2.71. The summed E-state index contributed by atoms with van der Waals surface area (Å²) in [5.74, 6) is 0. The van der Waals surface area contributed by atoms with Crippen molar-refractivity contribution in [3.63, 3.8) is 0 Å². The Morgan fingerprint density at radius 1 is 1.38 bits per heavy atom. The number of nitrogens with one attached hydrogen (secondary N) is 1. The molecule has 0 amide bonds. The summed E-state index contributed by atoms with van der Waals surface area (Å²) in [5.41, 5.74) is 0.284. The van der Waals surface area contributed by atoms with Crippen molar-refractivity contribution in [2.75, 3.05) is 0 Å². The number of aromatic amines is 1. The number of nitriles is 1. The van der Waals surface area contributed by atoms with Crippen LogP contribution in [0.1, 0.15) is 5.56 Å². The van der Waals surface area contributed by atoms with Crippen LogP contribution in [0.2, 0.25) is 0 Å². The van der Waals surface area contributed by atoms with Gasteiger partial charge in [-0.15, -0.1) is 0 Å². The fraction of sp³-hybridized carbons (Fsp3) is 0. The highest BCUT2D eigenvalue weighted by atomic mass is 32.2. The first-order valence-corrected chi connectivity index (χ1v) is 5.18. The number of aromatic nitrogens is 3. The Morgan fingerprint density at radius 2 is 2.25 bits per heavy atom. The summed E-state index contributed by atoms with van der Waals surface area (Å²) in [6.45, 7) is 0. The molecule has 6 heteroatoms. The highest BCUT2D eigenvalue weighted by Gasteiger charge is 2.05. The second kappa shape index (κ2) is 4.59. The number of rotatable bonds is 2. The molecule has 0 aliphatic rings. The lowest BCUT2D eigenvalue weighted by molar-refractivity contribution is 0.935. The summed E-state index contributed by atoms with van der Waals surface area (Å²) in [6, 6.07) is 5.00. The van der Waals surface area contributed by atoms with E-state index in [-0.39, 0.29) is 5.56 Å². The Hall–Kier alpha value is -2.13. The number of H-pyrrole nitrogens is 1. The second-order valence-corrected chi connectivity index (χ2v) is 3.86. The normalized spacial score (nSPS) is 9.69. The SMILES string of the molecule is N#Cc1ccncc1Sc1nccc(=O)[nH]1. The summed E-state index contributed by atoms with van der Waals surface area (Å²) in [4.78, 5) is 22.2. The van der Waals surface area contributed by atoms with Gasteiger partial charge in [0.25, 0.3) is 5.56 Å². The first-order chi connectivity index (χ1) is 7.79. The first-order valence-electron chi connectivity index (χ1n) is 4.37. The minimum absolute atomic E-state index is 0.222. The summed E-state index contributed by atoms with van der Waals surface area (Å²) in [5, 5.41) is 9.31. The van der Waals surface area contributed by atoms with Crippen molar-refractivity contribution in [1.29, 1.82) is 5.26 Å². The largest absolute Gasteiger partial charge is 0.301 e. The minimum atomic E-state index is -0.222. The van der Waals surface area contributed by atoms with Crippen LogP contribution in [0.5, 0.6) is 0 Å². The minimum Gasteiger partial charge on any atom is -0.301 e. The monoisotopic (exact) mass is 230 g/mol. The van der Waals surface area contributed by atoms with Crippen LogP contribution in [0.15, 0.2) is 45.6 Å². The molecule has 0 bridgehead atoms. The molecule has 0 aromatic carbocycles. The molecule has 0 saturated heterocycles. The van der Waals surface area contributed by atoms with Crippen LogP contribution < -0.4 is 5.56 Å². The zero-order chi connectivity index (χ0) is 11.4. The summed E-state index contributed by atoms with van der Waals surface area (Å²) in [7, 11) is 0. The van der Waals surface area contributed by atoms with Crippen LogP contribution in [-0.2, 0) is 0 Å². The fourth-order valence-corrected chi connectivity index (χ4v) is 1.87. The molecule has 5 nitrogen and oxygen atoms in total. The Bertz CT molecular complexity index is 602. The van der Waals surface area contributed by atoms with Gasteiger partial charge in [0.15, 0.2) is 5.16 Å². The molecular weight excluding hydrogens is 224 g/mol. The van der Waals surface area contributed by atoms with Crippen molar-refractivity contribution in [2.24, 2.45) is 0 Å². The predicted octanol–water partition coefficient (Wildman–Crippen LogP) is 1.19. The number of pyridine rings is 1. The molecule has 16 heavy (non-hydrogen) atoms. The standard InChI is InChI=1S/C10H6N4OS/c11-5-7-1-3-12-6-8(7)16-10-13-4-2-9(15)14-10/h1-4,6H,(H,13,14,15). The van der Waals surface area contributed by atoms with Gasteiger partial charge in [0, 0.05) is 24.7 Å². The molecule has 0 fully saturated rings. The number of hydrogen-bond donors (Lipinski definition) is 1. The van der Waals surface area contributed by atoms with E-state index < -0.39 is 0 Å². The molecule has 2 aromatic heterocycles. The molecule has 0 atom stereocenters. The van der Waals surface area contributed by atoms with Crippen molar-refractivity contribution in [2.45, 2.75) is 10.1 Å². The summed E-state index contributed by atoms with van der Waals surface area (Å²) >= 11 is 1.20. The molecule has 0 saturated carbocycles. The Balaban J connectivity index is 2.35. The maximum Gasteiger partial charge on any atom is 0.251 e. The topological polar surface area (TPSA) is 82.4 Å². The highest BCUT2D eigenvalue weighted by Crippen LogP contribution is 2.25. The van der Waals surface area contributed by atoms with Gasteiger partial charge in [-0.25, -0.2) is 4.98 Å². The van der Waals surface area contributed by atoms with Crippen LogP contribution in [0, 0.1) is 11.3 Å². The Labute approximate surface area is 95.2 Å². The summed E-state index contributed by atoms with van der Waals surface area (Å²) in [6.07, 6.45) is 4.53. The molecule has 2 rings (SSSR count). The van der Waals surface area contributed by atoms with Crippen molar-refractivity contribution in [3.05, 3.63) is 46.6 Å². The summed E-state index contributed by atoms with van der Waals surface area (Å²) < 4.78 is 0. The van der Waals surface area contributed by atoms with Gasteiger partial charge < -0.3 is 4.98 Å². The fourth-order valence-electron chi connectivity index (χ4n) is 1.06. The Kier molecular flexibility index (Phi) is 2.98. The lowest BCUT2D eigenvalue weighted by Crippen LogP contribution is -2.05. The molecule has 0 aliphatic heterocycles. The second-order valence-electron chi connectivity index (χ2n) is 2.82. The van der Waals surface area contributed by atoms with Crippen molar-refractivity contribution < 1.29 is 0 Å². The molecular formula is C10H6N4OS. The maximum atomic E-state index is 11.0. The third-order valence-electron chi connectivity index (χ3n) is 1.76. The van der Waals surface area contributed by atoms with Crippen LogP contribution in [0.3, 0.4) is 0 Å². The van der Waals surface area contributed by atoms with E-state index >= 15 is 0 Å². The van der Waals surface area contributed by atoms with Gasteiger partial charge in [0.05, 0.1) is 10.5 Å². The van der Waals surface area contributed by atoms with Gasteiger partial charge in [-0.3, -0.25) is 9.78 Å². The van der Waals surface area contributed by atoms with E-state index in [9.17, 15) is 4.79 Å². The van der Waals surface area contributed by atoms with E-state index in [4.69, 9.17) is 5.26 Å². The van der Waals surface area contributed by atoms with Crippen molar-refractivity contribution in [3.8, 4) is 6.07 Å². The molecule has 2 heterocycles. The van der Waals surface area contributed by atoms with Crippen molar-refractivity contribution in [1.82, 2.24) is 15.0 Å². The van der Waals surface area contributed by atoms with Crippen molar-refractivity contribution >= 4 is 11.8 Å². The molecule has 0 aliphatic carbocycles. The zero-order valence-corrected chi connectivity index (χ0v) is 8.86.